The number of aromatic nitrogens is 3. The first-order valence-electron chi connectivity index (χ1n) is 8.78. The first kappa shape index (κ1) is 21.3. The Morgan fingerprint density at radius 2 is 2.15 bits per heavy atom. The fraction of sp³-hybridized carbons (Fsp3) is 0.421. The van der Waals surface area contributed by atoms with E-state index in [1.165, 1.54) is 6.07 Å². The highest BCUT2D eigenvalue weighted by Gasteiger charge is 2.44. The molecule has 6 nitrogen and oxygen atoms in total. The lowest BCUT2D eigenvalue weighted by molar-refractivity contribution is 0.607. The van der Waals surface area contributed by atoms with Crippen molar-refractivity contribution in [1.29, 1.82) is 0 Å². The van der Waals surface area contributed by atoms with Crippen LogP contribution in [0.4, 0.5) is 4.39 Å². The minimum atomic E-state index is -0.190. The Balaban J connectivity index is 0.00000261. The molecule has 1 aromatic carbocycles. The number of rotatable bonds is 7. The SMILES string of the molecule is C=CCNC(=NCc1nnc(C)n1C)NCC1(c2cccc(F)c2)CC1.I. The van der Waals surface area contributed by atoms with Gasteiger partial charge in [0, 0.05) is 25.6 Å². The summed E-state index contributed by atoms with van der Waals surface area (Å²) >= 11 is 0. The van der Waals surface area contributed by atoms with Crippen molar-refractivity contribution < 1.29 is 4.39 Å². The maximum Gasteiger partial charge on any atom is 0.191 e. The summed E-state index contributed by atoms with van der Waals surface area (Å²) in [5.74, 6) is 2.15. The Kier molecular flexibility index (Phi) is 7.34. The molecule has 2 N–H and O–H groups in total. The average molecular weight is 484 g/mol. The number of halogens is 2. The van der Waals surface area contributed by atoms with Crippen LogP contribution in [0.5, 0.6) is 0 Å². The number of aliphatic imine (C=N–C) groups is 1. The summed E-state index contributed by atoms with van der Waals surface area (Å²) in [6, 6.07) is 6.87. The Bertz CT molecular complexity index is 812. The molecule has 0 amide bonds. The largest absolute Gasteiger partial charge is 0.355 e. The fourth-order valence-electron chi connectivity index (χ4n) is 2.87. The van der Waals surface area contributed by atoms with Crippen molar-refractivity contribution >= 4 is 29.9 Å². The molecule has 27 heavy (non-hydrogen) atoms. The molecule has 1 aromatic heterocycles. The third-order valence-electron chi connectivity index (χ3n) is 4.86. The minimum Gasteiger partial charge on any atom is -0.355 e. The van der Waals surface area contributed by atoms with Crippen LogP contribution in [0.1, 0.15) is 30.1 Å². The normalized spacial score (nSPS) is 15.0. The molecule has 8 heteroatoms. The molecule has 1 heterocycles. The molecule has 1 saturated carbocycles. The van der Waals surface area contributed by atoms with Crippen LogP contribution in [0.25, 0.3) is 0 Å². The van der Waals surface area contributed by atoms with Gasteiger partial charge in [-0.05, 0) is 37.5 Å². The van der Waals surface area contributed by atoms with Gasteiger partial charge in [-0.3, -0.25) is 0 Å². The van der Waals surface area contributed by atoms with Gasteiger partial charge in [-0.25, -0.2) is 9.38 Å². The second kappa shape index (κ2) is 9.29. The summed E-state index contributed by atoms with van der Waals surface area (Å²) in [4.78, 5) is 4.60. The van der Waals surface area contributed by atoms with Crippen molar-refractivity contribution in [1.82, 2.24) is 25.4 Å². The molecule has 0 atom stereocenters. The zero-order valence-electron chi connectivity index (χ0n) is 15.7. The van der Waals surface area contributed by atoms with Crippen molar-refractivity contribution in [3.8, 4) is 0 Å². The van der Waals surface area contributed by atoms with E-state index in [0.717, 1.165) is 30.1 Å². The summed E-state index contributed by atoms with van der Waals surface area (Å²) in [6.07, 6.45) is 3.87. The van der Waals surface area contributed by atoms with E-state index in [1.807, 2.05) is 24.6 Å². The van der Waals surface area contributed by atoms with Crippen LogP contribution >= 0.6 is 24.0 Å². The molecule has 0 saturated heterocycles. The van der Waals surface area contributed by atoms with Gasteiger partial charge in [0.15, 0.2) is 11.8 Å². The van der Waals surface area contributed by atoms with Gasteiger partial charge in [-0.2, -0.15) is 0 Å². The number of hydrogen-bond donors (Lipinski definition) is 2. The molecule has 1 fully saturated rings. The lowest BCUT2D eigenvalue weighted by Crippen LogP contribution is -2.41. The van der Waals surface area contributed by atoms with Crippen LogP contribution in [0.15, 0.2) is 41.9 Å². The number of benzene rings is 1. The lowest BCUT2D eigenvalue weighted by Gasteiger charge is -2.19. The van der Waals surface area contributed by atoms with E-state index >= 15 is 0 Å². The van der Waals surface area contributed by atoms with Crippen molar-refractivity contribution in [3.05, 3.63) is 59.9 Å². The molecule has 0 aliphatic heterocycles. The molecular formula is C19H26FIN6. The maximum absolute atomic E-state index is 13.6. The van der Waals surface area contributed by atoms with E-state index in [4.69, 9.17) is 0 Å². The van der Waals surface area contributed by atoms with Crippen LogP contribution in [0, 0.1) is 12.7 Å². The summed E-state index contributed by atoms with van der Waals surface area (Å²) < 4.78 is 15.5. The van der Waals surface area contributed by atoms with Crippen LogP contribution in [0.3, 0.4) is 0 Å². The molecule has 0 bridgehead atoms. The van der Waals surface area contributed by atoms with Gasteiger partial charge in [0.2, 0.25) is 0 Å². The zero-order chi connectivity index (χ0) is 18.6. The summed E-state index contributed by atoms with van der Waals surface area (Å²) in [6.45, 7) is 7.38. The third-order valence-corrected chi connectivity index (χ3v) is 4.86. The molecule has 0 unspecified atom stereocenters. The minimum absolute atomic E-state index is 0. The van der Waals surface area contributed by atoms with Crippen LogP contribution < -0.4 is 10.6 Å². The molecule has 1 aliphatic rings. The van der Waals surface area contributed by atoms with E-state index in [2.05, 4.69) is 32.4 Å². The predicted octanol–water partition coefficient (Wildman–Crippen LogP) is 2.83. The Hall–Kier alpha value is -1.97. The molecule has 0 radical (unpaired) electrons. The zero-order valence-corrected chi connectivity index (χ0v) is 18.0. The van der Waals surface area contributed by atoms with E-state index in [-0.39, 0.29) is 35.2 Å². The Morgan fingerprint density at radius 3 is 2.74 bits per heavy atom. The van der Waals surface area contributed by atoms with Crippen LogP contribution in [0.2, 0.25) is 0 Å². The second-order valence-electron chi connectivity index (χ2n) is 6.70. The lowest BCUT2D eigenvalue weighted by atomic mass is 9.96. The van der Waals surface area contributed by atoms with Gasteiger partial charge in [-0.15, -0.1) is 40.8 Å². The van der Waals surface area contributed by atoms with Crippen molar-refractivity contribution in [3.63, 3.8) is 0 Å². The fourth-order valence-corrected chi connectivity index (χ4v) is 2.87. The Labute approximate surface area is 176 Å². The Morgan fingerprint density at radius 1 is 1.37 bits per heavy atom. The monoisotopic (exact) mass is 484 g/mol. The molecular weight excluding hydrogens is 458 g/mol. The topological polar surface area (TPSA) is 67.1 Å². The maximum atomic E-state index is 13.6. The van der Waals surface area contributed by atoms with Gasteiger partial charge in [0.1, 0.15) is 18.2 Å². The average Bonchev–Trinajstić information content (AvgIpc) is 3.37. The number of aryl methyl sites for hydroxylation is 1. The van der Waals surface area contributed by atoms with E-state index in [0.29, 0.717) is 25.6 Å². The van der Waals surface area contributed by atoms with E-state index < -0.39 is 0 Å². The number of nitrogens with one attached hydrogen (secondary N) is 2. The number of guanidine groups is 1. The second-order valence-corrected chi connectivity index (χ2v) is 6.70. The molecule has 146 valence electrons. The van der Waals surface area contributed by atoms with Crippen molar-refractivity contribution in [2.24, 2.45) is 12.0 Å². The summed E-state index contributed by atoms with van der Waals surface area (Å²) in [7, 11) is 1.92. The van der Waals surface area contributed by atoms with Gasteiger partial charge in [-0.1, -0.05) is 18.2 Å². The van der Waals surface area contributed by atoms with Gasteiger partial charge >= 0.3 is 0 Å². The van der Waals surface area contributed by atoms with Crippen LogP contribution in [-0.4, -0.2) is 33.8 Å². The highest BCUT2D eigenvalue weighted by atomic mass is 127. The molecule has 3 rings (SSSR count). The summed E-state index contributed by atoms with van der Waals surface area (Å²) in [5.41, 5.74) is 1.03. The van der Waals surface area contributed by atoms with E-state index in [9.17, 15) is 4.39 Å². The number of hydrogen-bond acceptors (Lipinski definition) is 3. The van der Waals surface area contributed by atoms with Crippen molar-refractivity contribution in [2.45, 2.75) is 31.7 Å². The molecule has 0 spiro atoms. The van der Waals surface area contributed by atoms with Gasteiger partial charge in [0.25, 0.3) is 0 Å². The first-order chi connectivity index (χ1) is 12.5. The highest BCUT2D eigenvalue weighted by molar-refractivity contribution is 14.0. The quantitative estimate of drug-likeness (QED) is 0.275. The van der Waals surface area contributed by atoms with Crippen molar-refractivity contribution in [2.75, 3.05) is 13.1 Å². The van der Waals surface area contributed by atoms with Gasteiger partial charge in [0.05, 0.1) is 0 Å². The molecule has 2 aromatic rings. The van der Waals surface area contributed by atoms with Crippen LogP contribution in [-0.2, 0) is 19.0 Å². The standard InChI is InChI=1S/C19H25FN6.HI/c1-4-10-21-18(22-12-17-25-24-14(2)26(17)3)23-13-19(8-9-19)15-6-5-7-16(20)11-15;/h4-7,11H,1,8-10,12-13H2,2-3H3,(H2,21,22,23);1H. The van der Waals surface area contributed by atoms with Gasteiger partial charge < -0.3 is 15.2 Å². The molecule has 1 aliphatic carbocycles. The predicted molar refractivity (Wildman–Crippen MR) is 116 cm³/mol. The number of nitrogens with zero attached hydrogens (tertiary/aromatic N) is 4. The van der Waals surface area contributed by atoms with E-state index in [1.54, 1.807) is 18.2 Å². The first-order valence-corrected chi connectivity index (χ1v) is 8.78. The third kappa shape index (κ3) is 5.27. The highest BCUT2D eigenvalue weighted by Crippen LogP contribution is 2.47. The smallest absolute Gasteiger partial charge is 0.191 e. The summed E-state index contributed by atoms with van der Waals surface area (Å²) in [5, 5.41) is 14.8.